The first-order chi connectivity index (χ1) is 11.9. The average Bonchev–Trinajstić information content (AvgIpc) is 3.08. The zero-order chi connectivity index (χ0) is 18.3. The summed E-state index contributed by atoms with van der Waals surface area (Å²) >= 11 is 7.42. The Kier molecular flexibility index (Phi) is 7.63. The number of aryl methyl sites for hydroxylation is 2. The van der Waals surface area contributed by atoms with E-state index >= 15 is 0 Å². The Bertz CT molecular complexity index is 679. The lowest BCUT2D eigenvalue weighted by Crippen LogP contribution is -2.40. The van der Waals surface area contributed by atoms with Crippen molar-refractivity contribution in [3.05, 3.63) is 56.7 Å². The standard InChI is InChI=1S/C20H26ClNO2S/c1-20(22,14-23)13-12-17-10-11-19(25-17)18(24)5-3-2-4-15-6-8-16(21)9-7-15/h6-11,23H,2-5,12-14,22H2,1H3. The summed E-state index contributed by atoms with van der Waals surface area (Å²) in [7, 11) is 0. The van der Waals surface area contributed by atoms with Crippen LogP contribution in [0.5, 0.6) is 0 Å². The van der Waals surface area contributed by atoms with Crippen molar-refractivity contribution >= 4 is 28.7 Å². The van der Waals surface area contributed by atoms with Crippen molar-refractivity contribution in [2.45, 2.75) is 51.0 Å². The molecule has 1 aromatic carbocycles. The second kappa shape index (κ2) is 9.48. The van der Waals surface area contributed by atoms with E-state index in [0.717, 1.165) is 40.5 Å². The van der Waals surface area contributed by atoms with Gasteiger partial charge in [-0.2, -0.15) is 0 Å². The van der Waals surface area contributed by atoms with E-state index in [0.29, 0.717) is 12.8 Å². The van der Waals surface area contributed by atoms with Crippen molar-refractivity contribution in [2.75, 3.05) is 6.61 Å². The molecule has 0 bridgehead atoms. The third kappa shape index (κ3) is 6.90. The number of hydrogen-bond donors (Lipinski definition) is 2. The van der Waals surface area contributed by atoms with Gasteiger partial charge in [0.15, 0.2) is 5.78 Å². The number of nitrogens with two attached hydrogens (primary N) is 1. The first-order valence-electron chi connectivity index (χ1n) is 8.66. The number of aliphatic hydroxyl groups excluding tert-OH is 1. The Morgan fingerprint density at radius 2 is 1.88 bits per heavy atom. The summed E-state index contributed by atoms with van der Waals surface area (Å²) in [5.41, 5.74) is 6.64. The molecule has 2 rings (SSSR count). The molecular weight excluding hydrogens is 354 g/mol. The highest BCUT2D eigenvalue weighted by Crippen LogP contribution is 2.22. The van der Waals surface area contributed by atoms with Crippen molar-refractivity contribution in [3.63, 3.8) is 0 Å². The van der Waals surface area contributed by atoms with Crippen LogP contribution >= 0.6 is 22.9 Å². The van der Waals surface area contributed by atoms with Gasteiger partial charge in [-0.1, -0.05) is 23.7 Å². The maximum Gasteiger partial charge on any atom is 0.172 e. The van der Waals surface area contributed by atoms with Gasteiger partial charge in [0.1, 0.15) is 0 Å². The quantitative estimate of drug-likeness (QED) is 0.467. The summed E-state index contributed by atoms with van der Waals surface area (Å²) in [6.45, 7) is 1.81. The molecule has 1 atom stereocenters. The zero-order valence-corrected chi connectivity index (χ0v) is 16.2. The Hall–Kier alpha value is -1.20. The molecule has 0 spiro atoms. The highest BCUT2D eigenvalue weighted by molar-refractivity contribution is 7.14. The van der Waals surface area contributed by atoms with Crippen LogP contribution < -0.4 is 5.73 Å². The van der Waals surface area contributed by atoms with Crippen molar-refractivity contribution in [1.82, 2.24) is 0 Å². The highest BCUT2D eigenvalue weighted by atomic mass is 35.5. The third-order valence-corrected chi connectivity index (χ3v) is 5.71. The largest absolute Gasteiger partial charge is 0.394 e. The lowest BCUT2D eigenvalue weighted by atomic mass is 9.98. The SMILES string of the molecule is CC(N)(CO)CCc1ccc(C(=O)CCCCc2ccc(Cl)cc2)s1. The summed E-state index contributed by atoms with van der Waals surface area (Å²) < 4.78 is 0. The molecular formula is C20H26ClNO2S. The van der Waals surface area contributed by atoms with E-state index in [4.69, 9.17) is 17.3 Å². The van der Waals surface area contributed by atoms with Crippen molar-refractivity contribution in [2.24, 2.45) is 5.73 Å². The van der Waals surface area contributed by atoms with Crippen LogP contribution in [0.25, 0.3) is 0 Å². The summed E-state index contributed by atoms with van der Waals surface area (Å²) in [5.74, 6) is 0.213. The molecule has 0 saturated carbocycles. The number of carbonyl (C=O) groups excluding carboxylic acids is 1. The molecule has 3 nitrogen and oxygen atoms in total. The van der Waals surface area contributed by atoms with Crippen LogP contribution in [0.3, 0.4) is 0 Å². The highest BCUT2D eigenvalue weighted by Gasteiger charge is 2.17. The molecule has 25 heavy (non-hydrogen) atoms. The molecule has 0 fully saturated rings. The summed E-state index contributed by atoms with van der Waals surface area (Å²) in [6, 6.07) is 11.8. The fourth-order valence-corrected chi connectivity index (χ4v) is 3.64. The van der Waals surface area contributed by atoms with E-state index in [1.54, 1.807) is 11.3 Å². The smallest absolute Gasteiger partial charge is 0.172 e. The van der Waals surface area contributed by atoms with Crippen LogP contribution in [-0.4, -0.2) is 23.0 Å². The second-order valence-corrected chi connectivity index (χ2v) is 8.44. The number of carbonyl (C=O) groups is 1. The molecule has 1 aromatic heterocycles. The number of thiophene rings is 1. The molecule has 0 aliphatic carbocycles. The minimum atomic E-state index is -0.560. The van der Waals surface area contributed by atoms with E-state index < -0.39 is 5.54 Å². The van der Waals surface area contributed by atoms with Crippen LogP contribution in [0.4, 0.5) is 0 Å². The Labute approximate surface area is 158 Å². The lowest BCUT2D eigenvalue weighted by molar-refractivity contribution is 0.0983. The Morgan fingerprint density at radius 1 is 1.16 bits per heavy atom. The monoisotopic (exact) mass is 379 g/mol. The molecule has 3 N–H and O–H groups in total. The average molecular weight is 380 g/mol. The van der Waals surface area contributed by atoms with E-state index in [2.05, 4.69) is 0 Å². The predicted molar refractivity (Wildman–Crippen MR) is 106 cm³/mol. The van der Waals surface area contributed by atoms with Crippen LogP contribution in [0.2, 0.25) is 5.02 Å². The number of hydrogen-bond acceptors (Lipinski definition) is 4. The normalized spacial score (nSPS) is 13.6. The molecule has 1 heterocycles. The summed E-state index contributed by atoms with van der Waals surface area (Å²) in [5, 5.41) is 9.95. The maximum atomic E-state index is 12.3. The van der Waals surface area contributed by atoms with Crippen LogP contribution in [0.1, 0.15) is 52.7 Å². The van der Waals surface area contributed by atoms with Gasteiger partial charge in [0.25, 0.3) is 0 Å². The number of benzene rings is 1. The predicted octanol–water partition coefficient (Wildman–Crippen LogP) is 4.64. The number of ketones is 1. The van der Waals surface area contributed by atoms with Crippen LogP contribution in [0.15, 0.2) is 36.4 Å². The number of unbranched alkanes of at least 4 members (excludes halogenated alkanes) is 1. The molecule has 5 heteroatoms. The Morgan fingerprint density at radius 3 is 2.56 bits per heavy atom. The van der Waals surface area contributed by atoms with Gasteiger partial charge in [0.05, 0.1) is 11.5 Å². The minimum absolute atomic E-state index is 0.0300. The van der Waals surface area contributed by atoms with Gasteiger partial charge in [-0.15, -0.1) is 11.3 Å². The molecule has 0 saturated heterocycles. The van der Waals surface area contributed by atoms with Gasteiger partial charge in [0, 0.05) is 21.9 Å². The van der Waals surface area contributed by atoms with E-state index in [-0.39, 0.29) is 12.4 Å². The van der Waals surface area contributed by atoms with Gasteiger partial charge in [-0.3, -0.25) is 4.79 Å². The molecule has 1 unspecified atom stereocenters. The van der Waals surface area contributed by atoms with Gasteiger partial charge in [0.2, 0.25) is 0 Å². The fraction of sp³-hybridized carbons (Fsp3) is 0.450. The van der Waals surface area contributed by atoms with Gasteiger partial charge >= 0.3 is 0 Å². The maximum absolute atomic E-state index is 12.3. The Balaban J connectivity index is 1.73. The van der Waals surface area contributed by atoms with Crippen molar-refractivity contribution < 1.29 is 9.90 Å². The number of rotatable bonds is 10. The van der Waals surface area contributed by atoms with E-state index in [1.165, 1.54) is 5.56 Å². The molecule has 0 radical (unpaired) electrons. The van der Waals surface area contributed by atoms with Crippen LogP contribution in [0, 0.1) is 0 Å². The first kappa shape index (κ1) is 20.1. The molecule has 0 aliphatic heterocycles. The minimum Gasteiger partial charge on any atom is -0.394 e. The van der Waals surface area contributed by atoms with E-state index in [1.807, 2.05) is 43.3 Å². The summed E-state index contributed by atoms with van der Waals surface area (Å²) in [4.78, 5) is 14.3. The lowest BCUT2D eigenvalue weighted by Gasteiger charge is -2.20. The fourth-order valence-electron chi connectivity index (χ4n) is 2.54. The topological polar surface area (TPSA) is 63.3 Å². The number of aliphatic hydroxyl groups is 1. The second-order valence-electron chi connectivity index (χ2n) is 6.83. The van der Waals surface area contributed by atoms with Gasteiger partial charge < -0.3 is 10.8 Å². The van der Waals surface area contributed by atoms with Crippen molar-refractivity contribution in [1.29, 1.82) is 0 Å². The van der Waals surface area contributed by atoms with Gasteiger partial charge in [-0.25, -0.2) is 0 Å². The molecule has 0 aliphatic rings. The molecule has 0 amide bonds. The number of halogens is 1. The summed E-state index contributed by atoms with van der Waals surface area (Å²) in [6.07, 6.45) is 4.93. The zero-order valence-electron chi connectivity index (χ0n) is 14.6. The van der Waals surface area contributed by atoms with E-state index in [9.17, 15) is 9.90 Å². The number of Topliss-reactive ketones (excluding diaryl/α,β-unsaturated/α-hetero) is 1. The first-order valence-corrected chi connectivity index (χ1v) is 9.85. The molecule has 2 aromatic rings. The molecule has 136 valence electrons. The van der Waals surface area contributed by atoms with Crippen LogP contribution in [-0.2, 0) is 12.8 Å². The van der Waals surface area contributed by atoms with Gasteiger partial charge in [-0.05, 0) is 68.9 Å². The van der Waals surface area contributed by atoms with Crippen molar-refractivity contribution in [3.8, 4) is 0 Å². The third-order valence-electron chi connectivity index (χ3n) is 4.27.